The van der Waals surface area contributed by atoms with E-state index in [2.05, 4.69) is 49.4 Å². The number of carbonyl (C=O) groups excluding carboxylic acids is 2. The van der Waals surface area contributed by atoms with Gasteiger partial charge in [-0.25, -0.2) is 0 Å². The number of aromatic hydroxyl groups is 1. The Morgan fingerprint density at radius 2 is 1.93 bits per heavy atom. The predicted octanol–water partition coefficient (Wildman–Crippen LogP) is 5.68. The molecular formula is C32H43BINO8. The second kappa shape index (κ2) is 14.6. The summed E-state index contributed by atoms with van der Waals surface area (Å²) in [7, 11) is 0.511. The predicted molar refractivity (Wildman–Crippen MR) is 172 cm³/mol. The van der Waals surface area contributed by atoms with E-state index in [1.165, 1.54) is 17.6 Å². The van der Waals surface area contributed by atoms with Crippen LogP contribution in [0.15, 0.2) is 28.9 Å². The number of benzene rings is 1. The van der Waals surface area contributed by atoms with Crippen LogP contribution in [0.2, 0.25) is 6.32 Å². The van der Waals surface area contributed by atoms with Gasteiger partial charge in [-0.05, 0) is 103 Å². The molecule has 9 nitrogen and oxygen atoms in total. The fraction of sp³-hybridized carbons (Fsp3) is 0.594. The number of carboxylic acids is 1. The van der Waals surface area contributed by atoms with Crippen LogP contribution in [-0.2, 0) is 19.0 Å². The van der Waals surface area contributed by atoms with Gasteiger partial charge in [-0.15, -0.1) is 0 Å². The molecule has 1 aromatic carbocycles. The molecule has 2 amide bonds. The highest BCUT2D eigenvalue weighted by molar-refractivity contribution is 14.1. The zero-order chi connectivity index (χ0) is 31.4. The van der Waals surface area contributed by atoms with E-state index in [0.29, 0.717) is 48.0 Å². The van der Waals surface area contributed by atoms with Crippen molar-refractivity contribution in [2.75, 3.05) is 13.7 Å². The summed E-state index contributed by atoms with van der Waals surface area (Å²) in [6.07, 6.45) is 6.54. The summed E-state index contributed by atoms with van der Waals surface area (Å²) in [6, 6.07) is 3.72. The first kappa shape index (κ1) is 33.5. The zero-order valence-corrected chi connectivity index (χ0v) is 27.6. The van der Waals surface area contributed by atoms with Crippen molar-refractivity contribution in [3.63, 3.8) is 0 Å². The molecule has 0 radical (unpaired) electrons. The molecule has 2 heterocycles. The van der Waals surface area contributed by atoms with Gasteiger partial charge >= 0.3 is 13.1 Å². The van der Waals surface area contributed by atoms with E-state index < -0.39 is 24.9 Å². The molecule has 43 heavy (non-hydrogen) atoms. The zero-order valence-electron chi connectivity index (χ0n) is 25.5. The Bertz CT molecular complexity index is 1290. The van der Waals surface area contributed by atoms with Crippen molar-refractivity contribution in [3.05, 3.63) is 38.0 Å². The van der Waals surface area contributed by atoms with Crippen molar-refractivity contribution in [1.29, 1.82) is 0 Å². The van der Waals surface area contributed by atoms with Crippen LogP contribution in [0, 0.1) is 27.2 Å². The molecule has 1 aromatic rings. The highest BCUT2D eigenvalue weighted by Crippen LogP contribution is 2.52. The number of unbranched alkanes of at least 4 members (excludes halogenated alkanes) is 2. The number of ether oxygens (including phenoxy) is 1. The molecule has 2 saturated heterocycles. The SMILES string of the molecule is CC/C(=C\c1cc(I)c(O)c(OC)c1)CC[C@H]1OB(O)C[C@H]2C1=C(C(C)C)C[C@H]1C(=O)N(CCCCCC(=O)O)C(=O)[C@H]12. The van der Waals surface area contributed by atoms with Crippen LogP contribution < -0.4 is 4.74 Å². The number of fused-ring (bicyclic) bond motifs is 3. The van der Waals surface area contributed by atoms with Crippen molar-refractivity contribution in [2.24, 2.45) is 23.7 Å². The van der Waals surface area contributed by atoms with Crippen LogP contribution in [0.1, 0.15) is 77.7 Å². The number of amides is 2. The molecule has 0 spiro atoms. The van der Waals surface area contributed by atoms with Gasteiger partial charge in [-0.3, -0.25) is 19.3 Å². The minimum atomic E-state index is -1.02. The summed E-state index contributed by atoms with van der Waals surface area (Å²) in [5.74, 6) is -1.63. The largest absolute Gasteiger partial charge is 0.504 e. The minimum absolute atomic E-state index is 0.0803. The summed E-state index contributed by atoms with van der Waals surface area (Å²) in [5, 5.41) is 30.0. The number of phenols is 1. The monoisotopic (exact) mass is 707 g/mol. The third kappa shape index (κ3) is 7.48. The number of rotatable bonds is 13. The number of nitrogens with zero attached hydrogens (tertiary/aromatic N) is 1. The number of imide groups is 1. The van der Waals surface area contributed by atoms with E-state index >= 15 is 0 Å². The second-order valence-corrected chi connectivity index (χ2v) is 13.3. The fourth-order valence-electron chi connectivity index (χ4n) is 6.99. The number of likely N-dealkylation sites (tertiary alicyclic amines) is 1. The molecule has 3 aliphatic rings. The Kier molecular flexibility index (Phi) is 11.4. The number of phenolic OH excluding ortho intramolecular Hbond substituents is 1. The van der Waals surface area contributed by atoms with E-state index in [4.69, 9.17) is 14.5 Å². The van der Waals surface area contributed by atoms with Gasteiger partial charge in [0.1, 0.15) is 0 Å². The Hall–Kier alpha value is -2.38. The first-order valence-electron chi connectivity index (χ1n) is 15.4. The van der Waals surface area contributed by atoms with Gasteiger partial charge in [-0.2, -0.15) is 0 Å². The summed E-state index contributed by atoms with van der Waals surface area (Å²) < 4.78 is 12.2. The van der Waals surface area contributed by atoms with E-state index in [1.54, 1.807) is 0 Å². The summed E-state index contributed by atoms with van der Waals surface area (Å²) in [5.41, 5.74) is 4.36. The molecule has 0 unspecified atom stereocenters. The third-order valence-corrected chi connectivity index (χ3v) is 9.95. The van der Waals surface area contributed by atoms with E-state index in [-0.39, 0.29) is 48.2 Å². The lowest BCUT2D eigenvalue weighted by molar-refractivity contribution is -0.141. The van der Waals surface area contributed by atoms with Crippen LogP contribution in [0.3, 0.4) is 0 Å². The third-order valence-electron chi connectivity index (χ3n) is 9.13. The lowest BCUT2D eigenvalue weighted by Gasteiger charge is -2.44. The van der Waals surface area contributed by atoms with Crippen molar-refractivity contribution in [3.8, 4) is 11.5 Å². The lowest BCUT2D eigenvalue weighted by atomic mass is 9.57. The summed E-state index contributed by atoms with van der Waals surface area (Å²) in [4.78, 5) is 39.4. The fourth-order valence-corrected chi connectivity index (χ4v) is 7.62. The number of allylic oxidation sites excluding steroid dienone is 2. The van der Waals surface area contributed by atoms with Gasteiger partial charge in [0.2, 0.25) is 11.8 Å². The van der Waals surface area contributed by atoms with Crippen LogP contribution in [0.5, 0.6) is 11.5 Å². The topological polar surface area (TPSA) is 134 Å². The molecule has 2 fully saturated rings. The molecule has 0 aromatic heterocycles. The summed E-state index contributed by atoms with van der Waals surface area (Å²) in [6.45, 7) is 6.62. The van der Waals surface area contributed by atoms with Crippen molar-refractivity contribution < 1.29 is 39.0 Å². The molecule has 1 aliphatic carbocycles. The number of halogens is 1. The van der Waals surface area contributed by atoms with Crippen molar-refractivity contribution >= 4 is 53.6 Å². The first-order valence-corrected chi connectivity index (χ1v) is 16.4. The van der Waals surface area contributed by atoms with E-state index in [1.807, 2.05) is 12.1 Å². The molecule has 0 bridgehead atoms. The second-order valence-electron chi connectivity index (χ2n) is 12.2. The van der Waals surface area contributed by atoms with Crippen LogP contribution in [0.4, 0.5) is 0 Å². The number of methoxy groups -OCH3 is 1. The Morgan fingerprint density at radius 3 is 2.58 bits per heavy atom. The van der Waals surface area contributed by atoms with Gasteiger partial charge in [0.05, 0.1) is 28.6 Å². The van der Waals surface area contributed by atoms with Crippen molar-refractivity contribution in [2.45, 2.75) is 84.6 Å². The van der Waals surface area contributed by atoms with E-state index in [0.717, 1.165) is 29.6 Å². The standard InChI is InChI=1S/C32H43BINO8/c1-5-19(13-20-14-24(34)30(38)26(15-20)42-4)10-11-25-28-21(18(2)3)16-22-29(23(28)17-33(41)43-25)32(40)35(31(22)39)12-8-6-7-9-27(36)37/h13-15,18,22-23,25,29,38,41H,5-12,16-17H2,1-4H3,(H,36,37)/b19-13+/t22-,23+,25-,29-/m1/s1. The Labute approximate surface area is 268 Å². The molecule has 2 aliphatic heterocycles. The molecule has 3 N–H and O–H groups in total. The van der Waals surface area contributed by atoms with Crippen LogP contribution in [0.25, 0.3) is 6.08 Å². The molecule has 4 rings (SSSR count). The van der Waals surface area contributed by atoms with Crippen LogP contribution in [-0.4, -0.2) is 64.8 Å². The minimum Gasteiger partial charge on any atom is -0.504 e. The smallest absolute Gasteiger partial charge is 0.455 e. The average Bonchev–Trinajstić information content (AvgIpc) is 3.20. The lowest BCUT2D eigenvalue weighted by Crippen LogP contribution is -2.46. The Morgan fingerprint density at radius 1 is 1.19 bits per heavy atom. The molecule has 234 valence electrons. The van der Waals surface area contributed by atoms with E-state index in [9.17, 15) is 24.5 Å². The normalized spacial score (nSPS) is 24.1. The molecule has 0 saturated carbocycles. The van der Waals surface area contributed by atoms with Gasteiger partial charge in [0.15, 0.2) is 11.5 Å². The van der Waals surface area contributed by atoms with Crippen molar-refractivity contribution in [1.82, 2.24) is 4.90 Å². The number of carbonyl (C=O) groups is 3. The molecule has 4 atom stereocenters. The maximum Gasteiger partial charge on any atom is 0.455 e. The van der Waals surface area contributed by atoms with Gasteiger partial charge < -0.3 is 24.6 Å². The highest BCUT2D eigenvalue weighted by Gasteiger charge is 2.57. The Balaban J connectivity index is 1.55. The molecule has 11 heteroatoms. The van der Waals surface area contributed by atoms with Gasteiger partial charge in [-0.1, -0.05) is 44.4 Å². The van der Waals surface area contributed by atoms with Gasteiger partial charge in [0, 0.05) is 13.0 Å². The van der Waals surface area contributed by atoms with Crippen LogP contribution >= 0.6 is 22.6 Å². The highest BCUT2D eigenvalue weighted by atomic mass is 127. The number of hydrogen-bond donors (Lipinski definition) is 3. The van der Waals surface area contributed by atoms with Gasteiger partial charge in [0.25, 0.3) is 0 Å². The quantitative estimate of drug-likeness (QED) is 0.0785. The maximum atomic E-state index is 13.7. The first-order chi connectivity index (χ1) is 20.5. The maximum absolute atomic E-state index is 13.7. The average molecular weight is 707 g/mol. The number of hydrogen-bond acceptors (Lipinski definition) is 7. The summed E-state index contributed by atoms with van der Waals surface area (Å²) >= 11 is 2.09. The number of carboxylic acid groups (broad SMARTS) is 1. The number of aliphatic carboxylic acids is 1. The molecular weight excluding hydrogens is 664 g/mol.